The fourth-order valence-corrected chi connectivity index (χ4v) is 3.83. The highest BCUT2D eigenvalue weighted by atomic mass is 16.4. The molecule has 0 radical (unpaired) electrons. The topological polar surface area (TPSA) is 205 Å². The minimum Gasteiger partial charge on any atom is -0.481 e. The minimum absolute atomic E-state index is 0.156. The molecule has 0 bridgehead atoms. The number of amides is 3. The summed E-state index contributed by atoms with van der Waals surface area (Å²) in [6, 6.07) is -4.07. The van der Waals surface area contributed by atoms with Gasteiger partial charge in [-0.2, -0.15) is 0 Å². The summed E-state index contributed by atoms with van der Waals surface area (Å²) in [7, 11) is 0. The molecule has 3 amide bonds. The molecule has 34 heavy (non-hydrogen) atoms. The monoisotopic (exact) mass is 485 g/mol. The summed E-state index contributed by atoms with van der Waals surface area (Å²) < 4.78 is 0. The zero-order valence-electron chi connectivity index (χ0n) is 20.0. The lowest BCUT2D eigenvalue weighted by Crippen LogP contribution is -2.57. The first-order chi connectivity index (χ1) is 16.0. The van der Waals surface area contributed by atoms with Crippen LogP contribution in [-0.4, -0.2) is 82.0 Å². The second kappa shape index (κ2) is 14.5. The highest BCUT2D eigenvalue weighted by Crippen LogP contribution is 2.20. The molecular formula is C22H39N5O7. The van der Waals surface area contributed by atoms with Gasteiger partial charge in [0.25, 0.3) is 0 Å². The molecule has 5 unspecified atom stereocenters. The van der Waals surface area contributed by atoms with E-state index in [0.717, 1.165) is 0 Å². The number of carboxylic acid groups (broad SMARTS) is 2. The van der Waals surface area contributed by atoms with E-state index in [9.17, 15) is 29.1 Å². The Balaban J connectivity index is 3.03. The zero-order valence-corrected chi connectivity index (χ0v) is 20.0. The molecule has 0 aliphatic carbocycles. The average Bonchev–Trinajstić information content (AvgIpc) is 3.29. The number of nitrogens with two attached hydrogens (primary N) is 2. The van der Waals surface area contributed by atoms with Gasteiger partial charge in [-0.3, -0.25) is 19.2 Å². The summed E-state index contributed by atoms with van der Waals surface area (Å²) >= 11 is 0. The lowest BCUT2D eigenvalue weighted by molar-refractivity contribution is -0.149. The lowest BCUT2D eigenvalue weighted by Gasteiger charge is -2.29. The SMILES string of the molecule is CCC(C)C(N)C(=O)NC(CCC(=O)O)C(=O)NC(CCCCN)C(=O)N1CCCC1C(=O)O. The van der Waals surface area contributed by atoms with E-state index in [2.05, 4.69) is 10.6 Å². The van der Waals surface area contributed by atoms with E-state index in [-0.39, 0.29) is 31.7 Å². The van der Waals surface area contributed by atoms with Crippen molar-refractivity contribution in [1.29, 1.82) is 0 Å². The van der Waals surface area contributed by atoms with E-state index in [4.69, 9.17) is 16.6 Å². The smallest absolute Gasteiger partial charge is 0.326 e. The molecule has 0 aromatic heterocycles. The van der Waals surface area contributed by atoms with Crippen LogP contribution in [0.1, 0.15) is 65.2 Å². The van der Waals surface area contributed by atoms with Gasteiger partial charge in [0, 0.05) is 13.0 Å². The molecule has 1 aliphatic heterocycles. The molecular weight excluding hydrogens is 446 g/mol. The maximum atomic E-state index is 13.2. The van der Waals surface area contributed by atoms with Gasteiger partial charge in [-0.25, -0.2) is 4.79 Å². The van der Waals surface area contributed by atoms with Crippen LogP contribution in [0.4, 0.5) is 0 Å². The molecule has 5 atom stereocenters. The van der Waals surface area contributed by atoms with E-state index >= 15 is 0 Å². The van der Waals surface area contributed by atoms with Crippen molar-refractivity contribution in [2.75, 3.05) is 13.1 Å². The van der Waals surface area contributed by atoms with Crippen LogP contribution in [0.3, 0.4) is 0 Å². The largest absolute Gasteiger partial charge is 0.481 e. The van der Waals surface area contributed by atoms with E-state index in [0.29, 0.717) is 38.6 Å². The number of carbonyl (C=O) groups excluding carboxylic acids is 3. The predicted molar refractivity (Wildman–Crippen MR) is 123 cm³/mol. The highest BCUT2D eigenvalue weighted by Gasteiger charge is 2.38. The Hall–Kier alpha value is -2.73. The average molecular weight is 486 g/mol. The predicted octanol–water partition coefficient (Wildman–Crippen LogP) is -0.601. The highest BCUT2D eigenvalue weighted by molar-refractivity contribution is 5.94. The van der Waals surface area contributed by atoms with Crippen LogP contribution >= 0.6 is 0 Å². The summed E-state index contributed by atoms with van der Waals surface area (Å²) in [6.45, 7) is 4.31. The van der Waals surface area contributed by atoms with Gasteiger partial charge in [-0.1, -0.05) is 20.3 Å². The summed E-state index contributed by atoms with van der Waals surface area (Å²) in [6.07, 6.45) is 2.29. The van der Waals surface area contributed by atoms with Crippen LogP contribution in [0, 0.1) is 5.92 Å². The van der Waals surface area contributed by atoms with Crippen molar-refractivity contribution < 1.29 is 34.2 Å². The van der Waals surface area contributed by atoms with Crippen LogP contribution in [0.25, 0.3) is 0 Å². The number of carbonyl (C=O) groups is 5. The third-order valence-corrected chi connectivity index (χ3v) is 6.22. The molecule has 1 aliphatic rings. The Morgan fingerprint density at radius 3 is 2.24 bits per heavy atom. The second-order valence-electron chi connectivity index (χ2n) is 8.78. The number of hydrogen-bond acceptors (Lipinski definition) is 7. The number of aliphatic carboxylic acids is 2. The molecule has 1 fully saturated rings. The zero-order chi connectivity index (χ0) is 25.8. The molecule has 0 aromatic rings. The van der Waals surface area contributed by atoms with Gasteiger partial charge in [0.2, 0.25) is 17.7 Å². The molecule has 0 spiro atoms. The standard InChI is InChI=1S/C22H39N5O7/c1-3-13(2)18(24)20(31)25-14(9-10-17(28)29)19(30)26-15(7-4-5-11-23)21(32)27-12-6-8-16(27)22(33)34/h13-16,18H,3-12,23-24H2,1-2H3,(H,25,31)(H,26,30)(H,28,29)(H,33,34). The van der Waals surface area contributed by atoms with E-state index in [1.807, 2.05) is 6.92 Å². The molecule has 1 saturated heterocycles. The second-order valence-corrected chi connectivity index (χ2v) is 8.78. The number of nitrogens with one attached hydrogen (secondary N) is 2. The van der Waals surface area contributed by atoms with Crippen molar-refractivity contribution in [1.82, 2.24) is 15.5 Å². The summed E-state index contributed by atoms with van der Waals surface area (Å²) in [5.41, 5.74) is 11.5. The summed E-state index contributed by atoms with van der Waals surface area (Å²) in [5.74, 6) is -4.23. The van der Waals surface area contributed by atoms with Crippen molar-refractivity contribution in [3.05, 3.63) is 0 Å². The third kappa shape index (κ3) is 8.90. The number of unbranched alkanes of at least 4 members (excludes halogenated alkanes) is 1. The summed E-state index contributed by atoms with van der Waals surface area (Å²) in [4.78, 5) is 62.6. The maximum Gasteiger partial charge on any atom is 0.326 e. The van der Waals surface area contributed by atoms with Gasteiger partial charge in [0.1, 0.15) is 18.1 Å². The Morgan fingerprint density at radius 1 is 1.03 bits per heavy atom. The van der Waals surface area contributed by atoms with E-state index in [1.54, 1.807) is 6.92 Å². The number of likely N-dealkylation sites (tertiary alicyclic amines) is 1. The van der Waals surface area contributed by atoms with Crippen LogP contribution in [0.15, 0.2) is 0 Å². The molecule has 194 valence electrons. The van der Waals surface area contributed by atoms with Crippen molar-refractivity contribution in [2.45, 2.75) is 89.4 Å². The minimum atomic E-state index is -1.21. The molecule has 8 N–H and O–H groups in total. The normalized spacial score (nSPS) is 19.1. The third-order valence-electron chi connectivity index (χ3n) is 6.22. The van der Waals surface area contributed by atoms with Crippen molar-refractivity contribution in [3.63, 3.8) is 0 Å². The molecule has 0 saturated carbocycles. The van der Waals surface area contributed by atoms with Gasteiger partial charge >= 0.3 is 11.9 Å². The Labute approximate surface area is 199 Å². The lowest BCUT2D eigenvalue weighted by atomic mass is 9.98. The number of nitrogens with zero attached hydrogens (tertiary/aromatic N) is 1. The van der Waals surface area contributed by atoms with Crippen molar-refractivity contribution in [2.24, 2.45) is 17.4 Å². The molecule has 1 heterocycles. The van der Waals surface area contributed by atoms with E-state index in [1.165, 1.54) is 4.90 Å². The van der Waals surface area contributed by atoms with Gasteiger partial charge in [-0.15, -0.1) is 0 Å². The Bertz CT molecular complexity index is 732. The van der Waals surface area contributed by atoms with Crippen molar-refractivity contribution >= 4 is 29.7 Å². The van der Waals surface area contributed by atoms with Gasteiger partial charge in [0.05, 0.1) is 6.04 Å². The Morgan fingerprint density at radius 2 is 1.68 bits per heavy atom. The molecule has 12 heteroatoms. The van der Waals surface area contributed by atoms with Crippen molar-refractivity contribution in [3.8, 4) is 0 Å². The number of carboxylic acids is 2. The van der Waals surface area contributed by atoms with Crippen LogP contribution in [0.2, 0.25) is 0 Å². The van der Waals surface area contributed by atoms with Gasteiger partial charge in [0.15, 0.2) is 0 Å². The number of rotatable bonds is 15. The first kappa shape index (κ1) is 29.3. The first-order valence-electron chi connectivity index (χ1n) is 11.8. The molecule has 12 nitrogen and oxygen atoms in total. The van der Waals surface area contributed by atoms with Crippen LogP contribution < -0.4 is 22.1 Å². The molecule has 1 rings (SSSR count). The fourth-order valence-electron chi connectivity index (χ4n) is 3.83. The van der Waals surface area contributed by atoms with Crippen LogP contribution in [-0.2, 0) is 24.0 Å². The van der Waals surface area contributed by atoms with Crippen LogP contribution in [0.5, 0.6) is 0 Å². The quantitative estimate of drug-likeness (QED) is 0.163. The summed E-state index contributed by atoms with van der Waals surface area (Å²) in [5, 5.41) is 23.6. The van der Waals surface area contributed by atoms with Gasteiger partial charge in [-0.05, 0) is 51.0 Å². The maximum absolute atomic E-state index is 13.2. The fraction of sp³-hybridized carbons (Fsp3) is 0.773. The van der Waals surface area contributed by atoms with E-state index < -0.39 is 53.8 Å². The first-order valence-corrected chi connectivity index (χ1v) is 11.8. The number of hydrogen-bond donors (Lipinski definition) is 6. The molecule has 0 aromatic carbocycles. The Kier molecular flexibility index (Phi) is 12.5. The van der Waals surface area contributed by atoms with Gasteiger partial charge < -0.3 is 37.2 Å².